The SMILES string of the molecule is CCCCCCCCCN(CC(C)CCC)c1c(F)c(C)c(F)c(F)c1F. The third kappa shape index (κ3) is 7.00. The summed E-state index contributed by atoms with van der Waals surface area (Å²) in [5.74, 6) is -5.21. The summed E-state index contributed by atoms with van der Waals surface area (Å²) in [7, 11) is 0. The van der Waals surface area contributed by atoms with Crippen LogP contribution in [0.4, 0.5) is 23.2 Å². The van der Waals surface area contributed by atoms with Crippen molar-refractivity contribution in [3.63, 3.8) is 0 Å². The Morgan fingerprint density at radius 2 is 1.33 bits per heavy atom. The zero-order valence-corrected chi connectivity index (χ0v) is 17.3. The minimum atomic E-state index is -1.59. The first-order chi connectivity index (χ1) is 12.8. The second-order valence-corrected chi connectivity index (χ2v) is 7.69. The highest BCUT2D eigenvalue weighted by atomic mass is 19.2. The van der Waals surface area contributed by atoms with Crippen molar-refractivity contribution in [2.24, 2.45) is 5.92 Å². The first kappa shape index (κ1) is 23.8. The Labute approximate surface area is 162 Å². The third-order valence-electron chi connectivity index (χ3n) is 5.12. The number of rotatable bonds is 13. The monoisotopic (exact) mass is 389 g/mol. The first-order valence-electron chi connectivity index (χ1n) is 10.4. The molecule has 156 valence electrons. The fourth-order valence-electron chi connectivity index (χ4n) is 3.53. The highest BCUT2D eigenvalue weighted by molar-refractivity contribution is 5.52. The predicted molar refractivity (Wildman–Crippen MR) is 105 cm³/mol. The van der Waals surface area contributed by atoms with Crippen LogP contribution in [0.15, 0.2) is 0 Å². The molecule has 0 fully saturated rings. The number of halogens is 4. The van der Waals surface area contributed by atoms with E-state index >= 15 is 0 Å². The number of unbranched alkanes of at least 4 members (excludes halogenated alkanes) is 6. The van der Waals surface area contributed by atoms with Gasteiger partial charge in [-0.1, -0.05) is 65.7 Å². The van der Waals surface area contributed by atoms with Crippen LogP contribution in [0.5, 0.6) is 0 Å². The number of benzene rings is 1. The van der Waals surface area contributed by atoms with Crippen molar-refractivity contribution in [2.45, 2.75) is 85.5 Å². The van der Waals surface area contributed by atoms with Crippen LogP contribution in [-0.2, 0) is 0 Å². The van der Waals surface area contributed by atoms with Crippen LogP contribution in [0.2, 0.25) is 0 Å². The molecule has 0 bridgehead atoms. The maximum Gasteiger partial charge on any atom is 0.197 e. The zero-order valence-electron chi connectivity index (χ0n) is 17.3. The van der Waals surface area contributed by atoms with E-state index in [1.54, 1.807) is 4.90 Å². The molecule has 1 unspecified atom stereocenters. The topological polar surface area (TPSA) is 3.24 Å². The fourth-order valence-corrected chi connectivity index (χ4v) is 3.53. The van der Waals surface area contributed by atoms with Crippen molar-refractivity contribution in [1.82, 2.24) is 0 Å². The second kappa shape index (κ2) is 12.2. The average molecular weight is 390 g/mol. The van der Waals surface area contributed by atoms with Crippen molar-refractivity contribution < 1.29 is 17.6 Å². The summed E-state index contributed by atoms with van der Waals surface area (Å²) in [6.07, 6.45) is 9.50. The standard InChI is InChI=1S/C22H35F4N/c1-5-7-8-9-10-11-12-14-27(15-16(3)13-6-2)22-19(24)17(4)18(23)20(25)21(22)26/h16H,5-15H2,1-4H3. The highest BCUT2D eigenvalue weighted by Gasteiger charge is 2.27. The summed E-state index contributed by atoms with van der Waals surface area (Å²) in [4.78, 5) is 1.58. The molecule has 0 aliphatic heterocycles. The van der Waals surface area contributed by atoms with Crippen LogP contribution < -0.4 is 4.90 Å². The Morgan fingerprint density at radius 1 is 0.741 bits per heavy atom. The van der Waals surface area contributed by atoms with E-state index in [1.165, 1.54) is 19.3 Å². The number of hydrogen-bond acceptors (Lipinski definition) is 1. The molecule has 0 aromatic heterocycles. The number of anilines is 1. The Bertz CT molecular complexity index is 545. The van der Waals surface area contributed by atoms with Gasteiger partial charge in [-0.05, 0) is 25.7 Å². The van der Waals surface area contributed by atoms with E-state index in [0.29, 0.717) is 13.1 Å². The van der Waals surface area contributed by atoms with Gasteiger partial charge in [0.2, 0.25) is 0 Å². The minimum absolute atomic E-state index is 0.215. The van der Waals surface area contributed by atoms with Crippen molar-refractivity contribution in [3.8, 4) is 0 Å². The molecular formula is C22H35F4N. The van der Waals surface area contributed by atoms with Gasteiger partial charge in [0.25, 0.3) is 0 Å². The third-order valence-corrected chi connectivity index (χ3v) is 5.12. The van der Waals surface area contributed by atoms with Gasteiger partial charge in [0.1, 0.15) is 5.69 Å². The van der Waals surface area contributed by atoms with Crippen LogP contribution >= 0.6 is 0 Å². The Hall–Kier alpha value is -1.26. The van der Waals surface area contributed by atoms with Gasteiger partial charge in [0.15, 0.2) is 23.3 Å². The molecule has 1 aromatic carbocycles. The van der Waals surface area contributed by atoms with E-state index in [2.05, 4.69) is 13.8 Å². The van der Waals surface area contributed by atoms with Gasteiger partial charge in [-0.3, -0.25) is 0 Å². The molecule has 0 amide bonds. The molecule has 0 radical (unpaired) electrons. The minimum Gasteiger partial charge on any atom is -0.366 e. The van der Waals surface area contributed by atoms with Crippen LogP contribution in [0.3, 0.4) is 0 Å². The summed E-state index contributed by atoms with van der Waals surface area (Å²) in [6.45, 7) is 8.27. The summed E-state index contributed by atoms with van der Waals surface area (Å²) < 4.78 is 56.6. The van der Waals surface area contributed by atoms with Gasteiger partial charge >= 0.3 is 0 Å². The Kier molecular flexibility index (Phi) is 10.8. The van der Waals surface area contributed by atoms with Crippen LogP contribution in [0, 0.1) is 36.1 Å². The molecule has 1 nitrogen and oxygen atoms in total. The molecule has 0 aliphatic rings. The molecule has 1 atom stereocenters. The Balaban J connectivity index is 2.89. The molecule has 0 heterocycles. The van der Waals surface area contributed by atoms with E-state index in [9.17, 15) is 17.6 Å². The second-order valence-electron chi connectivity index (χ2n) is 7.69. The van der Waals surface area contributed by atoms with Crippen LogP contribution in [0.1, 0.15) is 84.1 Å². The van der Waals surface area contributed by atoms with E-state index in [1.807, 2.05) is 6.92 Å². The molecule has 0 spiro atoms. The molecule has 27 heavy (non-hydrogen) atoms. The van der Waals surface area contributed by atoms with Gasteiger partial charge in [-0.25, -0.2) is 17.6 Å². The summed E-state index contributed by atoms with van der Waals surface area (Å²) in [6, 6.07) is 0. The number of hydrogen-bond donors (Lipinski definition) is 0. The predicted octanol–water partition coefficient (Wildman–Crippen LogP) is 7.54. The van der Waals surface area contributed by atoms with E-state index in [-0.39, 0.29) is 5.92 Å². The van der Waals surface area contributed by atoms with E-state index in [4.69, 9.17) is 0 Å². The molecule has 0 N–H and O–H groups in total. The smallest absolute Gasteiger partial charge is 0.197 e. The van der Waals surface area contributed by atoms with Gasteiger partial charge in [0, 0.05) is 18.7 Å². The molecule has 0 saturated heterocycles. The van der Waals surface area contributed by atoms with Crippen LogP contribution in [0.25, 0.3) is 0 Å². The molecule has 0 aliphatic carbocycles. The van der Waals surface area contributed by atoms with Gasteiger partial charge in [0.05, 0.1) is 0 Å². The average Bonchev–Trinajstić information content (AvgIpc) is 2.64. The van der Waals surface area contributed by atoms with Gasteiger partial charge in [-0.15, -0.1) is 0 Å². The highest BCUT2D eigenvalue weighted by Crippen LogP contribution is 2.32. The lowest BCUT2D eigenvalue weighted by atomic mass is 10.0. The number of nitrogens with zero attached hydrogens (tertiary/aromatic N) is 1. The summed E-state index contributed by atoms with van der Waals surface area (Å²) in [5, 5.41) is 0. The van der Waals surface area contributed by atoms with Crippen molar-refractivity contribution in [2.75, 3.05) is 18.0 Å². The molecule has 1 rings (SSSR count). The van der Waals surface area contributed by atoms with E-state index < -0.39 is 34.5 Å². The van der Waals surface area contributed by atoms with Gasteiger partial charge in [-0.2, -0.15) is 0 Å². The summed E-state index contributed by atoms with van der Waals surface area (Å²) in [5.41, 5.74) is -0.878. The lowest BCUT2D eigenvalue weighted by molar-refractivity contribution is 0.421. The maximum absolute atomic E-state index is 14.6. The fraction of sp³-hybridized carbons (Fsp3) is 0.727. The van der Waals surface area contributed by atoms with E-state index in [0.717, 1.165) is 45.4 Å². The van der Waals surface area contributed by atoms with Crippen molar-refractivity contribution >= 4 is 5.69 Å². The lowest BCUT2D eigenvalue weighted by Crippen LogP contribution is -2.32. The van der Waals surface area contributed by atoms with Crippen LogP contribution in [-0.4, -0.2) is 13.1 Å². The van der Waals surface area contributed by atoms with Crippen molar-refractivity contribution in [3.05, 3.63) is 28.8 Å². The summed E-state index contributed by atoms with van der Waals surface area (Å²) >= 11 is 0. The molecule has 0 saturated carbocycles. The molecule has 1 aromatic rings. The van der Waals surface area contributed by atoms with Crippen molar-refractivity contribution in [1.29, 1.82) is 0 Å². The maximum atomic E-state index is 14.6. The van der Waals surface area contributed by atoms with Gasteiger partial charge < -0.3 is 4.90 Å². The quantitative estimate of drug-likeness (QED) is 0.146. The zero-order chi connectivity index (χ0) is 20.4. The normalized spacial score (nSPS) is 12.4. The Morgan fingerprint density at radius 3 is 1.93 bits per heavy atom. The molecular weight excluding hydrogens is 354 g/mol. The molecule has 5 heteroatoms. The first-order valence-corrected chi connectivity index (χ1v) is 10.4. The lowest BCUT2D eigenvalue weighted by Gasteiger charge is -2.29. The largest absolute Gasteiger partial charge is 0.366 e.